The van der Waals surface area contributed by atoms with Crippen LogP contribution in [0.15, 0.2) is 53.0 Å². The summed E-state index contributed by atoms with van der Waals surface area (Å²) in [5.74, 6) is 0. The minimum absolute atomic E-state index is 0.424. The minimum atomic E-state index is 0.424. The molecule has 0 aliphatic heterocycles. The molecule has 2 aromatic rings. The predicted molar refractivity (Wildman–Crippen MR) is 86.8 cm³/mol. The van der Waals surface area contributed by atoms with Gasteiger partial charge in [0.15, 0.2) is 0 Å². The first-order valence-electron chi connectivity index (χ1n) is 6.77. The SMILES string of the molecule is CCc1cccc(NC(C)Cc2ccc(Br)cc2)c1. The molecule has 1 N–H and O–H groups in total. The van der Waals surface area contributed by atoms with E-state index in [-0.39, 0.29) is 0 Å². The standard InChI is InChI=1S/C17H20BrN/c1-3-14-5-4-6-17(12-14)19-13(2)11-15-7-9-16(18)10-8-15/h4-10,12-13,19H,3,11H2,1-2H3. The molecule has 2 aromatic carbocycles. The highest BCUT2D eigenvalue weighted by Crippen LogP contribution is 2.15. The summed E-state index contributed by atoms with van der Waals surface area (Å²) in [7, 11) is 0. The fourth-order valence-corrected chi connectivity index (χ4v) is 2.45. The topological polar surface area (TPSA) is 12.0 Å². The van der Waals surface area contributed by atoms with E-state index in [1.165, 1.54) is 16.8 Å². The van der Waals surface area contributed by atoms with E-state index in [4.69, 9.17) is 0 Å². The van der Waals surface area contributed by atoms with Crippen molar-refractivity contribution in [2.24, 2.45) is 0 Å². The van der Waals surface area contributed by atoms with Gasteiger partial charge in [-0.25, -0.2) is 0 Å². The highest BCUT2D eigenvalue weighted by molar-refractivity contribution is 9.10. The van der Waals surface area contributed by atoms with Gasteiger partial charge in [-0.2, -0.15) is 0 Å². The second-order valence-corrected chi connectivity index (χ2v) is 5.85. The average Bonchev–Trinajstić information content (AvgIpc) is 2.41. The van der Waals surface area contributed by atoms with Crippen LogP contribution in [0.2, 0.25) is 0 Å². The van der Waals surface area contributed by atoms with E-state index < -0.39 is 0 Å². The summed E-state index contributed by atoms with van der Waals surface area (Å²) in [4.78, 5) is 0. The van der Waals surface area contributed by atoms with Crippen LogP contribution in [0.25, 0.3) is 0 Å². The molecule has 2 heteroatoms. The van der Waals surface area contributed by atoms with Crippen LogP contribution < -0.4 is 5.32 Å². The summed E-state index contributed by atoms with van der Waals surface area (Å²) in [6.45, 7) is 4.41. The Morgan fingerprint density at radius 1 is 1.05 bits per heavy atom. The Morgan fingerprint density at radius 2 is 1.79 bits per heavy atom. The quantitative estimate of drug-likeness (QED) is 0.813. The predicted octanol–water partition coefficient (Wildman–Crippen LogP) is 5.05. The van der Waals surface area contributed by atoms with Crippen molar-refractivity contribution in [3.05, 3.63) is 64.1 Å². The van der Waals surface area contributed by atoms with E-state index in [2.05, 4.69) is 83.6 Å². The van der Waals surface area contributed by atoms with Crippen LogP contribution in [0.1, 0.15) is 25.0 Å². The zero-order valence-corrected chi connectivity index (χ0v) is 13.1. The number of anilines is 1. The fraction of sp³-hybridized carbons (Fsp3) is 0.294. The molecular weight excluding hydrogens is 298 g/mol. The van der Waals surface area contributed by atoms with Crippen LogP contribution in [0.3, 0.4) is 0 Å². The van der Waals surface area contributed by atoms with Gasteiger partial charge in [-0.15, -0.1) is 0 Å². The van der Waals surface area contributed by atoms with Gasteiger partial charge in [0, 0.05) is 16.2 Å². The van der Waals surface area contributed by atoms with E-state index in [0.717, 1.165) is 17.3 Å². The van der Waals surface area contributed by atoms with E-state index in [1.807, 2.05) is 0 Å². The lowest BCUT2D eigenvalue weighted by atomic mass is 10.1. The largest absolute Gasteiger partial charge is 0.382 e. The van der Waals surface area contributed by atoms with Crippen LogP contribution in [-0.4, -0.2) is 6.04 Å². The third-order valence-corrected chi connectivity index (χ3v) is 3.73. The molecule has 0 spiro atoms. The Labute approximate surface area is 124 Å². The molecule has 0 bridgehead atoms. The number of rotatable bonds is 5. The third kappa shape index (κ3) is 4.39. The monoisotopic (exact) mass is 317 g/mol. The first-order chi connectivity index (χ1) is 9.17. The summed E-state index contributed by atoms with van der Waals surface area (Å²) in [6, 6.07) is 17.6. The molecule has 0 radical (unpaired) electrons. The van der Waals surface area contributed by atoms with Crippen LogP contribution in [-0.2, 0) is 12.8 Å². The second kappa shape index (κ2) is 6.76. The van der Waals surface area contributed by atoms with Gasteiger partial charge in [0.1, 0.15) is 0 Å². The third-order valence-electron chi connectivity index (χ3n) is 3.20. The van der Waals surface area contributed by atoms with Gasteiger partial charge < -0.3 is 5.32 Å². The maximum Gasteiger partial charge on any atom is 0.0345 e. The van der Waals surface area contributed by atoms with E-state index in [9.17, 15) is 0 Å². The first-order valence-corrected chi connectivity index (χ1v) is 7.56. The highest BCUT2D eigenvalue weighted by atomic mass is 79.9. The van der Waals surface area contributed by atoms with Gasteiger partial charge in [0.2, 0.25) is 0 Å². The zero-order valence-electron chi connectivity index (χ0n) is 11.5. The maximum atomic E-state index is 3.57. The molecule has 100 valence electrons. The van der Waals surface area contributed by atoms with Crippen molar-refractivity contribution in [1.29, 1.82) is 0 Å². The maximum absolute atomic E-state index is 3.57. The van der Waals surface area contributed by atoms with Crippen LogP contribution in [0, 0.1) is 0 Å². The number of hydrogen-bond acceptors (Lipinski definition) is 1. The molecule has 0 saturated carbocycles. The summed E-state index contributed by atoms with van der Waals surface area (Å²) in [5, 5.41) is 3.57. The van der Waals surface area contributed by atoms with Gasteiger partial charge in [-0.05, 0) is 55.2 Å². The molecule has 1 unspecified atom stereocenters. The Balaban J connectivity index is 1.96. The minimum Gasteiger partial charge on any atom is -0.382 e. The van der Waals surface area contributed by atoms with E-state index >= 15 is 0 Å². The molecule has 2 rings (SSSR count). The van der Waals surface area contributed by atoms with Crippen LogP contribution in [0.5, 0.6) is 0 Å². The summed E-state index contributed by atoms with van der Waals surface area (Å²) < 4.78 is 1.13. The van der Waals surface area contributed by atoms with E-state index in [1.54, 1.807) is 0 Å². The molecule has 19 heavy (non-hydrogen) atoms. The van der Waals surface area contributed by atoms with Crippen molar-refractivity contribution in [2.45, 2.75) is 32.7 Å². The highest BCUT2D eigenvalue weighted by Gasteiger charge is 2.04. The molecule has 0 heterocycles. The number of benzene rings is 2. The molecule has 0 aliphatic rings. The molecule has 0 fully saturated rings. The Morgan fingerprint density at radius 3 is 2.47 bits per heavy atom. The summed E-state index contributed by atoms with van der Waals surface area (Å²) in [5.41, 5.74) is 3.94. The number of halogens is 1. The number of hydrogen-bond donors (Lipinski definition) is 1. The second-order valence-electron chi connectivity index (χ2n) is 4.93. The van der Waals surface area contributed by atoms with Gasteiger partial charge in [-0.3, -0.25) is 0 Å². The molecule has 0 aromatic heterocycles. The van der Waals surface area contributed by atoms with Crippen molar-refractivity contribution in [3.8, 4) is 0 Å². The zero-order chi connectivity index (χ0) is 13.7. The van der Waals surface area contributed by atoms with Gasteiger partial charge in [-0.1, -0.05) is 47.1 Å². The molecule has 1 nitrogen and oxygen atoms in total. The van der Waals surface area contributed by atoms with Crippen molar-refractivity contribution in [2.75, 3.05) is 5.32 Å². The number of nitrogens with one attached hydrogen (secondary N) is 1. The molecule has 0 saturated heterocycles. The first kappa shape index (κ1) is 14.1. The Kier molecular flexibility index (Phi) is 5.03. The Hall–Kier alpha value is -1.28. The van der Waals surface area contributed by atoms with Crippen molar-refractivity contribution >= 4 is 21.6 Å². The van der Waals surface area contributed by atoms with Crippen molar-refractivity contribution < 1.29 is 0 Å². The van der Waals surface area contributed by atoms with Gasteiger partial charge in [0.05, 0.1) is 0 Å². The number of aryl methyl sites for hydroxylation is 1. The summed E-state index contributed by atoms with van der Waals surface area (Å²) in [6.07, 6.45) is 2.11. The van der Waals surface area contributed by atoms with Gasteiger partial charge in [0.25, 0.3) is 0 Å². The molecule has 1 atom stereocenters. The van der Waals surface area contributed by atoms with Gasteiger partial charge >= 0.3 is 0 Å². The normalized spacial score (nSPS) is 12.2. The average molecular weight is 318 g/mol. The molecule has 0 aliphatic carbocycles. The lowest BCUT2D eigenvalue weighted by Gasteiger charge is -2.16. The van der Waals surface area contributed by atoms with E-state index in [0.29, 0.717) is 6.04 Å². The fourth-order valence-electron chi connectivity index (χ4n) is 2.19. The van der Waals surface area contributed by atoms with Crippen molar-refractivity contribution in [3.63, 3.8) is 0 Å². The smallest absolute Gasteiger partial charge is 0.0345 e. The lowest BCUT2D eigenvalue weighted by Crippen LogP contribution is -2.18. The molecule has 0 amide bonds. The molecular formula is C17H20BrN. The van der Waals surface area contributed by atoms with Crippen molar-refractivity contribution in [1.82, 2.24) is 0 Å². The van der Waals surface area contributed by atoms with Crippen LogP contribution >= 0.6 is 15.9 Å². The Bertz CT molecular complexity index is 519. The summed E-state index contributed by atoms with van der Waals surface area (Å²) >= 11 is 3.47. The lowest BCUT2D eigenvalue weighted by molar-refractivity contribution is 0.790. The van der Waals surface area contributed by atoms with Crippen LogP contribution in [0.4, 0.5) is 5.69 Å².